The first-order chi connectivity index (χ1) is 15.9. The highest BCUT2D eigenvalue weighted by Gasteiger charge is 2.38. The van der Waals surface area contributed by atoms with Crippen LogP contribution in [-0.2, 0) is 19.1 Å². The molecule has 1 aliphatic carbocycles. The quantitative estimate of drug-likeness (QED) is 0.634. The smallest absolute Gasteiger partial charge is 0.241 e. The lowest BCUT2D eigenvalue weighted by Gasteiger charge is -2.37. The number of ether oxygens (including phenoxy) is 2. The van der Waals surface area contributed by atoms with E-state index in [4.69, 9.17) is 21.7 Å². The van der Waals surface area contributed by atoms with Gasteiger partial charge in [0.25, 0.3) is 0 Å². The van der Waals surface area contributed by atoms with Gasteiger partial charge in [-0.15, -0.1) is 0 Å². The average molecular weight is 467 g/mol. The number of thiocarbonyl (C=S) groups is 1. The van der Waals surface area contributed by atoms with Crippen LogP contribution in [0.3, 0.4) is 0 Å². The van der Waals surface area contributed by atoms with Gasteiger partial charge in [0.1, 0.15) is 5.92 Å². The number of carbonyl (C=O) groups is 2. The van der Waals surface area contributed by atoms with Crippen LogP contribution in [0, 0.1) is 19.8 Å². The fraction of sp³-hybridized carbons (Fsp3) is 0.417. The predicted molar refractivity (Wildman–Crippen MR) is 128 cm³/mol. The molecule has 33 heavy (non-hydrogen) atoms. The maximum atomic E-state index is 13.1. The molecule has 0 N–H and O–H groups in total. The van der Waals surface area contributed by atoms with E-state index in [1.807, 2.05) is 4.90 Å². The van der Waals surface area contributed by atoms with E-state index in [-0.39, 0.29) is 36.7 Å². The number of hydrogen-bond acceptors (Lipinski definition) is 6. The van der Waals surface area contributed by atoms with Crippen LogP contribution in [0.1, 0.15) is 17.5 Å². The van der Waals surface area contributed by atoms with Crippen LogP contribution in [0.25, 0.3) is 0 Å². The largest absolute Gasteiger partial charge is 0.454 e. The summed E-state index contributed by atoms with van der Waals surface area (Å²) in [5.74, 6) is 0.406. The topological polar surface area (TPSA) is 74.7 Å². The van der Waals surface area contributed by atoms with Gasteiger partial charge in [-0.25, -0.2) is 4.99 Å². The van der Waals surface area contributed by atoms with Crippen LogP contribution >= 0.6 is 12.2 Å². The van der Waals surface area contributed by atoms with Crippen LogP contribution in [0.15, 0.2) is 46.9 Å². The molecule has 1 atom stereocenters. The Balaban J connectivity index is 1.18. The number of carbonyl (C=O) groups excluding carboxylic acids is 2. The molecular weight excluding hydrogens is 440 g/mol. The summed E-state index contributed by atoms with van der Waals surface area (Å²) in [6, 6.07) is 6.33. The van der Waals surface area contributed by atoms with Crippen molar-refractivity contribution in [3.63, 3.8) is 0 Å². The van der Waals surface area contributed by atoms with Crippen LogP contribution < -0.4 is 4.90 Å². The summed E-state index contributed by atoms with van der Waals surface area (Å²) in [6.45, 7) is 7.50. The molecule has 9 heteroatoms. The van der Waals surface area contributed by atoms with Crippen molar-refractivity contribution in [1.82, 2.24) is 9.80 Å². The minimum Gasteiger partial charge on any atom is -0.454 e. The van der Waals surface area contributed by atoms with Crippen molar-refractivity contribution in [2.75, 3.05) is 44.4 Å². The molecule has 1 aromatic carbocycles. The Hall–Kier alpha value is -3.20. The molecule has 0 aromatic heterocycles. The number of amides is 2. The van der Waals surface area contributed by atoms with E-state index in [1.54, 1.807) is 12.2 Å². The molecule has 8 nitrogen and oxygen atoms in total. The lowest BCUT2D eigenvalue weighted by molar-refractivity contribution is -0.133. The van der Waals surface area contributed by atoms with Crippen molar-refractivity contribution >= 4 is 40.5 Å². The molecule has 5 rings (SSSR count). The average Bonchev–Trinajstić information content (AvgIpc) is 3.27. The van der Waals surface area contributed by atoms with E-state index >= 15 is 0 Å². The lowest BCUT2D eigenvalue weighted by atomic mass is 9.94. The molecule has 0 saturated carbocycles. The highest BCUT2D eigenvalue weighted by molar-refractivity contribution is 7.80. The zero-order chi connectivity index (χ0) is 23.1. The third kappa shape index (κ3) is 4.01. The first-order valence-electron chi connectivity index (χ1n) is 11.1. The van der Waals surface area contributed by atoms with E-state index in [0.29, 0.717) is 30.3 Å². The zero-order valence-corrected chi connectivity index (χ0v) is 19.6. The normalized spacial score (nSPS) is 22.1. The van der Waals surface area contributed by atoms with Crippen LogP contribution in [0.2, 0.25) is 0 Å². The molecule has 3 aliphatic heterocycles. The van der Waals surface area contributed by atoms with Crippen molar-refractivity contribution < 1.29 is 19.1 Å². The molecule has 2 saturated heterocycles. The second-order valence-corrected chi connectivity index (χ2v) is 8.93. The summed E-state index contributed by atoms with van der Waals surface area (Å²) in [5, 5.41) is 0.186. The minimum atomic E-state index is -0.562. The second-order valence-electron chi connectivity index (χ2n) is 8.57. The molecule has 0 radical (unpaired) electrons. The molecule has 172 valence electrons. The number of aliphatic imine (C=N–C) groups is 1. The maximum Gasteiger partial charge on any atom is 0.241 e. The van der Waals surface area contributed by atoms with Gasteiger partial charge in [0, 0.05) is 50.9 Å². The molecule has 1 aromatic rings. The predicted octanol–water partition coefficient (Wildman–Crippen LogP) is 2.31. The molecule has 2 amide bonds. The molecule has 4 aliphatic rings. The Bertz CT molecular complexity index is 1120. The molecule has 0 spiro atoms. The van der Waals surface area contributed by atoms with Gasteiger partial charge < -0.3 is 19.3 Å². The highest BCUT2D eigenvalue weighted by atomic mass is 32.1. The fourth-order valence-electron chi connectivity index (χ4n) is 4.58. The Morgan fingerprint density at radius 1 is 1.15 bits per heavy atom. The number of fused-ring (bicyclic) bond motifs is 2. The number of benzene rings is 1. The third-order valence-corrected chi connectivity index (χ3v) is 6.99. The van der Waals surface area contributed by atoms with Gasteiger partial charge in [-0.2, -0.15) is 0 Å². The monoisotopic (exact) mass is 466 g/mol. The standard InChI is InChI=1S/C24H26N4O4S/c1-15-4-3-5-19(16(15)2)26-8-10-27(11-9-26)22(29)6-7-28-23(30)17-12-20-21(32-14-31-20)13-18(17)25-24(28)33/h3-5,12-13,17H,6-11,14H2,1-2H3. The van der Waals surface area contributed by atoms with Crippen molar-refractivity contribution in [1.29, 1.82) is 0 Å². The SMILES string of the molecule is Cc1cccc(N2CCN(C(=O)CCN3C(=O)C4C=C5OCOC5=CC4=NC3=S)CC2)c1C. The summed E-state index contributed by atoms with van der Waals surface area (Å²) in [5.41, 5.74) is 4.34. The minimum absolute atomic E-state index is 0.0256. The van der Waals surface area contributed by atoms with Crippen molar-refractivity contribution in [2.45, 2.75) is 20.3 Å². The van der Waals surface area contributed by atoms with E-state index in [1.165, 1.54) is 21.7 Å². The number of allylic oxidation sites excluding steroid dienone is 1. The number of anilines is 1. The highest BCUT2D eigenvalue weighted by Crippen LogP contribution is 2.31. The first kappa shape index (κ1) is 21.6. The third-order valence-electron chi connectivity index (χ3n) is 6.67. The fourth-order valence-corrected chi connectivity index (χ4v) is 4.87. The van der Waals surface area contributed by atoms with Crippen LogP contribution in [0.5, 0.6) is 0 Å². The Labute approximate surface area is 198 Å². The van der Waals surface area contributed by atoms with Gasteiger partial charge in [0.05, 0.1) is 5.71 Å². The van der Waals surface area contributed by atoms with Gasteiger partial charge in [0.15, 0.2) is 11.5 Å². The molecule has 2 fully saturated rings. The summed E-state index contributed by atoms with van der Waals surface area (Å²) >= 11 is 5.36. The van der Waals surface area contributed by atoms with Gasteiger partial charge in [-0.05, 0) is 49.3 Å². The van der Waals surface area contributed by atoms with Crippen molar-refractivity contribution in [3.05, 3.63) is 53.0 Å². The summed E-state index contributed by atoms with van der Waals surface area (Å²) < 4.78 is 10.8. The summed E-state index contributed by atoms with van der Waals surface area (Å²) in [6.07, 6.45) is 3.63. The van der Waals surface area contributed by atoms with Gasteiger partial charge >= 0.3 is 0 Å². The van der Waals surface area contributed by atoms with E-state index < -0.39 is 5.92 Å². The second kappa shape index (κ2) is 8.62. The summed E-state index contributed by atoms with van der Waals surface area (Å²) in [7, 11) is 0. The number of aryl methyl sites for hydroxylation is 1. The number of hydrogen-bond donors (Lipinski definition) is 0. The van der Waals surface area contributed by atoms with E-state index in [2.05, 4.69) is 41.9 Å². The zero-order valence-electron chi connectivity index (χ0n) is 18.7. The number of rotatable bonds is 4. The Kier molecular flexibility index (Phi) is 5.65. The van der Waals surface area contributed by atoms with Crippen molar-refractivity contribution in [3.8, 4) is 0 Å². The Morgan fingerprint density at radius 3 is 2.70 bits per heavy atom. The lowest BCUT2D eigenvalue weighted by Crippen LogP contribution is -2.51. The van der Waals surface area contributed by atoms with Crippen molar-refractivity contribution in [2.24, 2.45) is 10.9 Å². The molecule has 1 unspecified atom stereocenters. The Morgan fingerprint density at radius 2 is 1.91 bits per heavy atom. The van der Waals surface area contributed by atoms with E-state index in [9.17, 15) is 9.59 Å². The van der Waals surface area contributed by atoms with E-state index in [0.717, 1.165) is 13.1 Å². The van der Waals surface area contributed by atoms with Crippen LogP contribution in [-0.4, -0.2) is 72.0 Å². The molecular formula is C24H26N4O4S. The molecule has 3 heterocycles. The van der Waals surface area contributed by atoms with Crippen LogP contribution in [0.4, 0.5) is 5.69 Å². The number of piperazine rings is 1. The maximum absolute atomic E-state index is 13.1. The summed E-state index contributed by atoms with van der Waals surface area (Å²) in [4.78, 5) is 36.0. The van der Waals surface area contributed by atoms with Gasteiger partial charge in [0.2, 0.25) is 23.7 Å². The number of nitrogens with zero attached hydrogens (tertiary/aromatic N) is 4. The van der Waals surface area contributed by atoms with Gasteiger partial charge in [-0.3, -0.25) is 14.5 Å². The van der Waals surface area contributed by atoms with Gasteiger partial charge in [-0.1, -0.05) is 12.1 Å². The molecule has 0 bridgehead atoms. The first-order valence-corrected chi connectivity index (χ1v) is 11.6.